The molecule has 41 heavy (non-hydrogen) atoms. The Labute approximate surface area is 239 Å². The zero-order chi connectivity index (χ0) is 30.1. The lowest BCUT2D eigenvalue weighted by molar-refractivity contribution is -0.127. The summed E-state index contributed by atoms with van der Waals surface area (Å²) in [5.74, 6) is -1.18. The smallest absolute Gasteiger partial charge is 0.333 e. The van der Waals surface area contributed by atoms with Crippen LogP contribution in [0.4, 0.5) is 4.39 Å². The summed E-state index contributed by atoms with van der Waals surface area (Å²) in [5, 5.41) is 28.6. The van der Waals surface area contributed by atoms with Crippen molar-refractivity contribution in [3.05, 3.63) is 68.4 Å². The summed E-state index contributed by atoms with van der Waals surface area (Å²) in [4.78, 5) is 43.2. The number of Topliss-reactive ketones (excluding diaryl/α,β-unsaturated/α-hetero) is 1. The van der Waals surface area contributed by atoms with Crippen LogP contribution in [0, 0.1) is 30.0 Å². The molecule has 0 fully saturated rings. The average molecular weight is 583 g/mol. The monoisotopic (exact) mass is 582 g/mol. The molecular formula is C28H31FN6O5S. The van der Waals surface area contributed by atoms with E-state index in [0.29, 0.717) is 10.6 Å². The Morgan fingerprint density at radius 3 is 2.56 bits per heavy atom. The van der Waals surface area contributed by atoms with Gasteiger partial charge in [0.1, 0.15) is 33.0 Å². The molecule has 11 nitrogen and oxygen atoms in total. The van der Waals surface area contributed by atoms with Gasteiger partial charge in [0, 0.05) is 17.5 Å². The van der Waals surface area contributed by atoms with Crippen LogP contribution >= 0.6 is 11.3 Å². The van der Waals surface area contributed by atoms with E-state index in [4.69, 9.17) is 10.00 Å². The van der Waals surface area contributed by atoms with Crippen LogP contribution in [-0.2, 0) is 21.6 Å². The van der Waals surface area contributed by atoms with Crippen molar-refractivity contribution >= 4 is 27.3 Å². The summed E-state index contributed by atoms with van der Waals surface area (Å²) >= 11 is 1.11. The Hall–Kier alpha value is -4.15. The molecule has 4 rings (SSSR count). The number of aryl methyl sites for hydroxylation is 1. The molecule has 0 aliphatic carbocycles. The van der Waals surface area contributed by atoms with Crippen molar-refractivity contribution in [2.24, 2.45) is 5.92 Å². The molecule has 13 heteroatoms. The van der Waals surface area contributed by atoms with Gasteiger partial charge in [0.2, 0.25) is 0 Å². The maximum Gasteiger partial charge on any atom is 0.333 e. The van der Waals surface area contributed by atoms with Crippen LogP contribution in [0.3, 0.4) is 0 Å². The number of ketones is 1. The number of aromatic nitrogens is 5. The van der Waals surface area contributed by atoms with Crippen molar-refractivity contribution in [2.45, 2.75) is 65.6 Å². The fraction of sp³-hybridized carbons (Fsp3) is 0.429. The Morgan fingerprint density at radius 1 is 1.24 bits per heavy atom. The quantitative estimate of drug-likeness (QED) is 0.262. The van der Waals surface area contributed by atoms with Gasteiger partial charge in [-0.15, -0.1) is 4.80 Å². The summed E-state index contributed by atoms with van der Waals surface area (Å²) in [6.07, 6.45) is 2.05. The van der Waals surface area contributed by atoms with E-state index in [1.807, 2.05) is 19.9 Å². The molecular weight excluding hydrogens is 551 g/mol. The molecule has 0 radical (unpaired) electrons. The minimum absolute atomic E-state index is 0.00215. The van der Waals surface area contributed by atoms with E-state index < -0.39 is 28.7 Å². The molecule has 0 saturated carbocycles. The summed E-state index contributed by atoms with van der Waals surface area (Å²) in [5.41, 5.74) is -2.32. The number of carbonyl (C=O) groups excluding carboxylic acids is 1. The molecule has 4 aromatic rings. The van der Waals surface area contributed by atoms with Gasteiger partial charge in [-0.05, 0) is 44.9 Å². The molecule has 1 aromatic carbocycles. The predicted molar refractivity (Wildman–Crippen MR) is 151 cm³/mol. The minimum atomic E-state index is -1.50. The summed E-state index contributed by atoms with van der Waals surface area (Å²) in [7, 11) is 0. The van der Waals surface area contributed by atoms with Crippen LogP contribution in [0.5, 0.6) is 5.75 Å². The second-order valence-corrected chi connectivity index (χ2v) is 11.6. The van der Waals surface area contributed by atoms with E-state index in [-0.39, 0.29) is 59.2 Å². The van der Waals surface area contributed by atoms with Crippen molar-refractivity contribution in [3.63, 3.8) is 0 Å². The molecule has 216 valence electrons. The first-order chi connectivity index (χ1) is 19.4. The number of ether oxygens (including phenoxy) is 1. The third kappa shape index (κ3) is 5.71. The Kier molecular flexibility index (Phi) is 8.55. The van der Waals surface area contributed by atoms with E-state index in [0.717, 1.165) is 28.0 Å². The third-order valence-corrected chi connectivity index (χ3v) is 8.12. The fourth-order valence-electron chi connectivity index (χ4n) is 4.68. The van der Waals surface area contributed by atoms with Gasteiger partial charge >= 0.3 is 5.69 Å². The van der Waals surface area contributed by atoms with E-state index in [1.165, 1.54) is 41.7 Å². The van der Waals surface area contributed by atoms with Gasteiger partial charge in [0.25, 0.3) is 5.56 Å². The first-order valence-corrected chi connectivity index (χ1v) is 13.9. The van der Waals surface area contributed by atoms with Crippen LogP contribution in [-0.4, -0.2) is 41.6 Å². The number of aromatic hydroxyl groups is 1. The molecule has 3 aromatic heterocycles. The second-order valence-electron chi connectivity index (χ2n) is 10.6. The molecule has 3 heterocycles. The second kappa shape index (κ2) is 11.8. The molecule has 1 atom stereocenters. The number of nitrogens with zero attached hydrogens (tertiary/aromatic N) is 6. The van der Waals surface area contributed by atoms with Gasteiger partial charge in [0.15, 0.2) is 5.78 Å². The summed E-state index contributed by atoms with van der Waals surface area (Å²) in [6.45, 7) is 8.22. The zero-order valence-electron chi connectivity index (χ0n) is 23.4. The van der Waals surface area contributed by atoms with Crippen molar-refractivity contribution in [2.75, 3.05) is 6.61 Å². The van der Waals surface area contributed by atoms with Crippen LogP contribution in [0.15, 0.2) is 40.2 Å². The van der Waals surface area contributed by atoms with Gasteiger partial charge in [0.05, 0.1) is 43.4 Å². The number of phenolic OH excluding ortho intramolecular Hbond substituents is 1. The lowest BCUT2D eigenvalue weighted by Crippen LogP contribution is -2.53. The topological polar surface area (TPSA) is 145 Å². The van der Waals surface area contributed by atoms with Crippen LogP contribution < -0.4 is 11.2 Å². The van der Waals surface area contributed by atoms with E-state index in [2.05, 4.69) is 10.2 Å². The molecule has 0 bridgehead atoms. The van der Waals surface area contributed by atoms with Gasteiger partial charge in [-0.1, -0.05) is 25.2 Å². The highest BCUT2D eigenvalue weighted by Gasteiger charge is 2.36. The predicted octanol–water partition coefficient (Wildman–Crippen LogP) is 3.98. The maximum atomic E-state index is 14.3. The Bertz CT molecular complexity index is 1750. The number of thiophene rings is 1. The number of benzene rings is 1. The molecule has 1 N–H and O–H groups in total. The number of hydrogen-bond acceptors (Lipinski definition) is 9. The fourth-order valence-corrected chi connectivity index (χ4v) is 5.90. The lowest BCUT2D eigenvalue weighted by Gasteiger charge is -2.28. The Morgan fingerprint density at radius 2 is 1.93 bits per heavy atom. The van der Waals surface area contributed by atoms with Crippen LogP contribution in [0.2, 0.25) is 0 Å². The van der Waals surface area contributed by atoms with E-state index >= 15 is 0 Å². The first-order valence-electron chi connectivity index (χ1n) is 13.0. The maximum absolute atomic E-state index is 14.3. The number of fused-ring (bicyclic) bond motifs is 1. The van der Waals surface area contributed by atoms with Crippen molar-refractivity contribution in [1.82, 2.24) is 24.1 Å². The SMILES string of the molecule is Cc1c(-n2nccn2)sc2c1c(=O)n(C(C)(C)C(=O)CC(C)C)c(=O)n2C[C@H](OCCC#N)c1cc(F)ccc1O. The molecule has 0 unspecified atom stereocenters. The lowest BCUT2D eigenvalue weighted by atomic mass is 9.91. The average Bonchev–Trinajstić information content (AvgIpc) is 3.55. The third-order valence-electron chi connectivity index (χ3n) is 6.84. The van der Waals surface area contributed by atoms with E-state index in [9.17, 15) is 23.9 Å². The minimum Gasteiger partial charge on any atom is -0.508 e. The highest BCUT2D eigenvalue weighted by atomic mass is 32.1. The number of hydrogen-bond donors (Lipinski definition) is 1. The van der Waals surface area contributed by atoms with Gasteiger partial charge in [-0.3, -0.25) is 14.2 Å². The number of carbonyl (C=O) groups is 1. The molecule has 0 amide bonds. The van der Waals surface area contributed by atoms with Crippen LogP contribution in [0.1, 0.15) is 57.8 Å². The molecule has 0 aliphatic rings. The normalized spacial score (nSPS) is 12.6. The summed E-state index contributed by atoms with van der Waals surface area (Å²) in [6, 6.07) is 5.33. The molecule has 0 saturated heterocycles. The highest BCUT2D eigenvalue weighted by molar-refractivity contribution is 7.21. The van der Waals surface area contributed by atoms with Crippen LogP contribution in [0.25, 0.3) is 15.2 Å². The van der Waals surface area contributed by atoms with Gasteiger partial charge in [-0.2, -0.15) is 15.5 Å². The van der Waals surface area contributed by atoms with Crippen molar-refractivity contribution in [1.29, 1.82) is 5.26 Å². The number of rotatable bonds is 11. The number of nitriles is 1. The largest absolute Gasteiger partial charge is 0.508 e. The zero-order valence-corrected chi connectivity index (χ0v) is 24.2. The number of phenols is 1. The molecule has 0 aliphatic heterocycles. The summed E-state index contributed by atoms with van der Waals surface area (Å²) < 4.78 is 22.4. The van der Waals surface area contributed by atoms with Gasteiger partial charge < -0.3 is 9.84 Å². The van der Waals surface area contributed by atoms with E-state index in [1.54, 1.807) is 6.92 Å². The first kappa shape index (κ1) is 29.8. The highest BCUT2D eigenvalue weighted by Crippen LogP contribution is 2.34. The number of halogens is 1. The standard InChI is InChI=1S/C28H31FN6O5S/c1-16(2)13-22(37)28(4,5)34-24(38)23-17(3)25(35-31-10-11-32-35)41-26(23)33(27(34)39)15-21(40-12-6-9-30)19-14-18(29)7-8-20(19)36/h7-8,10-11,14,16,21,36H,6,12-13,15H2,1-5H3/t21-/m0/s1. The van der Waals surface area contributed by atoms with Crippen molar-refractivity contribution in [3.8, 4) is 16.8 Å². The molecule has 0 spiro atoms. The van der Waals surface area contributed by atoms with Crippen molar-refractivity contribution < 1.29 is 19.0 Å². The Balaban J connectivity index is 2.02. The van der Waals surface area contributed by atoms with Gasteiger partial charge in [-0.25, -0.2) is 13.8 Å².